The maximum atomic E-state index is 10.7. The molecule has 1 atom stereocenters. The van der Waals surface area contributed by atoms with Crippen LogP contribution in [0.4, 0.5) is 0 Å². The van der Waals surface area contributed by atoms with E-state index < -0.39 is 6.10 Å². The topological polar surface area (TPSA) is 72.1 Å². The molecule has 0 saturated heterocycles. The van der Waals surface area contributed by atoms with E-state index in [2.05, 4.69) is 11.8 Å². The molecular formula is C25H29NO5. The van der Waals surface area contributed by atoms with Gasteiger partial charge in [0.15, 0.2) is 0 Å². The third-order valence-corrected chi connectivity index (χ3v) is 4.69. The lowest BCUT2D eigenvalue weighted by molar-refractivity contribution is 0.0604. The van der Waals surface area contributed by atoms with Gasteiger partial charge in [0, 0.05) is 18.7 Å². The van der Waals surface area contributed by atoms with E-state index in [0.29, 0.717) is 37.6 Å². The number of ether oxygens (including phenoxy) is 2. The number of aldehydes is 1. The highest BCUT2D eigenvalue weighted by atomic mass is 16.5. The van der Waals surface area contributed by atoms with E-state index in [-0.39, 0.29) is 6.61 Å². The lowest BCUT2D eigenvalue weighted by Gasteiger charge is -2.24. The second-order valence-corrected chi connectivity index (χ2v) is 7.39. The molecule has 0 aliphatic carbocycles. The molecule has 6 nitrogen and oxygen atoms in total. The van der Waals surface area contributed by atoms with Crippen molar-refractivity contribution in [3.63, 3.8) is 0 Å². The Morgan fingerprint density at radius 2 is 1.71 bits per heavy atom. The van der Waals surface area contributed by atoms with E-state index >= 15 is 0 Å². The summed E-state index contributed by atoms with van der Waals surface area (Å²) in [6, 6.07) is 18.6. The summed E-state index contributed by atoms with van der Waals surface area (Å²) in [7, 11) is 0. The van der Waals surface area contributed by atoms with Crippen LogP contribution in [0.2, 0.25) is 0 Å². The molecule has 0 amide bonds. The fraction of sp³-hybridized carbons (Fsp3) is 0.320. The highest BCUT2D eigenvalue weighted by Gasteiger charge is 2.15. The van der Waals surface area contributed by atoms with Gasteiger partial charge in [-0.1, -0.05) is 19.1 Å². The van der Waals surface area contributed by atoms with Gasteiger partial charge >= 0.3 is 0 Å². The molecule has 0 radical (unpaired) electrons. The molecule has 0 bridgehead atoms. The first-order valence-electron chi connectivity index (χ1n) is 10.5. The molecule has 1 aromatic heterocycles. The number of hydrogen-bond acceptors (Lipinski definition) is 6. The van der Waals surface area contributed by atoms with Crippen LogP contribution in [0, 0.1) is 0 Å². The summed E-state index contributed by atoms with van der Waals surface area (Å²) in [4.78, 5) is 12.9. The SMILES string of the molecule is CCCOc1ccc(CN(Cc2ccco2)CC(O)COc2ccc(C=O)cc2)cc1. The Hall–Kier alpha value is -3.09. The molecule has 2 aromatic carbocycles. The molecule has 6 heteroatoms. The molecule has 1 N–H and O–H groups in total. The van der Waals surface area contributed by atoms with Gasteiger partial charge in [-0.2, -0.15) is 0 Å². The van der Waals surface area contributed by atoms with Gasteiger partial charge in [-0.05, 0) is 60.5 Å². The van der Waals surface area contributed by atoms with E-state index in [0.717, 1.165) is 29.8 Å². The van der Waals surface area contributed by atoms with Crippen LogP contribution in [0.1, 0.15) is 35.0 Å². The molecule has 3 rings (SSSR count). The maximum Gasteiger partial charge on any atom is 0.150 e. The third-order valence-electron chi connectivity index (χ3n) is 4.69. The number of rotatable bonds is 13. The first kappa shape index (κ1) is 22.6. The van der Waals surface area contributed by atoms with Crippen molar-refractivity contribution < 1.29 is 23.8 Å². The Balaban J connectivity index is 1.57. The summed E-state index contributed by atoms with van der Waals surface area (Å²) < 4.78 is 16.8. The number of furan rings is 1. The zero-order chi connectivity index (χ0) is 21.9. The summed E-state index contributed by atoms with van der Waals surface area (Å²) in [5.41, 5.74) is 1.71. The number of carbonyl (C=O) groups excluding carboxylic acids is 1. The first-order valence-corrected chi connectivity index (χ1v) is 10.5. The third kappa shape index (κ3) is 7.59. The number of benzene rings is 2. The van der Waals surface area contributed by atoms with Crippen molar-refractivity contribution in [3.8, 4) is 11.5 Å². The monoisotopic (exact) mass is 423 g/mol. The minimum Gasteiger partial charge on any atom is -0.494 e. The summed E-state index contributed by atoms with van der Waals surface area (Å²) in [5.74, 6) is 2.31. The van der Waals surface area contributed by atoms with E-state index in [4.69, 9.17) is 13.9 Å². The van der Waals surface area contributed by atoms with E-state index in [1.807, 2.05) is 36.4 Å². The fourth-order valence-corrected chi connectivity index (χ4v) is 3.16. The summed E-state index contributed by atoms with van der Waals surface area (Å²) in [6.45, 7) is 4.58. The highest BCUT2D eigenvalue weighted by molar-refractivity contribution is 5.74. The van der Waals surface area contributed by atoms with Gasteiger partial charge in [-0.3, -0.25) is 9.69 Å². The number of nitrogens with zero attached hydrogens (tertiary/aromatic N) is 1. The average molecular weight is 424 g/mol. The molecule has 1 unspecified atom stereocenters. The molecule has 31 heavy (non-hydrogen) atoms. The van der Waals surface area contributed by atoms with Crippen LogP contribution < -0.4 is 9.47 Å². The second-order valence-electron chi connectivity index (χ2n) is 7.39. The van der Waals surface area contributed by atoms with Gasteiger partial charge in [0.2, 0.25) is 0 Å². The number of aliphatic hydroxyl groups excluding tert-OH is 1. The van der Waals surface area contributed by atoms with Gasteiger partial charge in [0.1, 0.15) is 36.3 Å². The van der Waals surface area contributed by atoms with Crippen LogP contribution in [0.25, 0.3) is 0 Å². The van der Waals surface area contributed by atoms with Gasteiger partial charge in [-0.25, -0.2) is 0 Å². The molecule has 0 saturated carbocycles. The standard InChI is InChI=1S/C25H29NO5/c1-2-13-29-23-9-5-20(6-10-23)15-26(17-25-4-3-14-30-25)16-22(28)19-31-24-11-7-21(18-27)8-12-24/h3-12,14,18,22,28H,2,13,15-17,19H2,1H3. The van der Waals surface area contributed by atoms with E-state index in [1.54, 1.807) is 30.5 Å². The number of carbonyl (C=O) groups is 1. The summed E-state index contributed by atoms with van der Waals surface area (Å²) >= 11 is 0. The Morgan fingerprint density at radius 1 is 1.00 bits per heavy atom. The van der Waals surface area contributed by atoms with Crippen molar-refractivity contribution in [1.29, 1.82) is 0 Å². The smallest absolute Gasteiger partial charge is 0.150 e. The van der Waals surface area contributed by atoms with Crippen LogP contribution in [-0.4, -0.2) is 42.2 Å². The number of hydrogen-bond donors (Lipinski definition) is 1. The summed E-state index contributed by atoms with van der Waals surface area (Å²) in [6.07, 6.45) is 2.72. The quantitative estimate of drug-likeness (QED) is 0.413. The molecule has 0 aliphatic rings. The Bertz CT molecular complexity index is 891. The van der Waals surface area contributed by atoms with Gasteiger partial charge in [-0.15, -0.1) is 0 Å². The van der Waals surface area contributed by atoms with Crippen molar-refractivity contribution >= 4 is 6.29 Å². The minimum atomic E-state index is -0.687. The Labute approximate surface area is 183 Å². The molecule has 1 heterocycles. The molecule has 0 spiro atoms. The van der Waals surface area contributed by atoms with E-state index in [9.17, 15) is 9.90 Å². The van der Waals surface area contributed by atoms with Crippen molar-refractivity contribution in [2.45, 2.75) is 32.5 Å². The van der Waals surface area contributed by atoms with Crippen molar-refractivity contribution in [2.75, 3.05) is 19.8 Å². The Morgan fingerprint density at radius 3 is 2.35 bits per heavy atom. The average Bonchev–Trinajstić information content (AvgIpc) is 3.30. The van der Waals surface area contributed by atoms with Crippen LogP contribution >= 0.6 is 0 Å². The van der Waals surface area contributed by atoms with Crippen molar-refractivity contribution in [3.05, 3.63) is 83.8 Å². The van der Waals surface area contributed by atoms with Crippen molar-refractivity contribution in [1.82, 2.24) is 4.90 Å². The lowest BCUT2D eigenvalue weighted by atomic mass is 10.2. The van der Waals surface area contributed by atoms with Crippen LogP contribution in [-0.2, 0) is 13.1 Å². The molecule has 3 aromatic rings. The van der Waals surface area contributed by atoms with Crippen LogP contribution in [0.15, 0.2) is 71.3 Å². The molecule has 164 valence electrons. The predicted molar refractivity (Wildman–Crippen MR) is 118 cm³/mol. The normalized spacial score (nSPS) is 12.0. The number of aliphatic hydroxyl groups is 1. The zero-order valence-corrected chi connectivity index (χ0v) is 17.8. The van der Waals surface area contributed by atoms with Gasteiger partial charge in [0.05, 0.1) is 19.4 Å². The first-order chi connectivity index (χ1) is 15.2. The molecular weight excluding hydrogens is 394 g/mol. The van der Waals surface area contributed by atoms with Gasteiger partial charge in [0.25, 0.3) is 0 Å². The van der Waals surface area contributed by atoms with Crippen LogP contribution in [0.3, 0.4) is 0 Å². The van der Waals surface area contributed by atoms with Gasteiger partial charge < -0.3 is 19.0 Å². The zero-order valence-electron chi connectivity index (χ0n) is 17.8. The lowest BCUT2D eigenvalue weighted by Crippen LogP contribution is -2.35. The molecule has 0 aliphatic heterocycles. The second kappa shape index (κ2) is 11.9. The Kier molecular flexibility index (Phi) is 8.70. The van der Waals surface area contributed by atoms with Crippen molar-refractivity contribution in [2.24, 2.45) is 0 Å². The highest BCUT2D eigenvalue weighted by Crippen LogP contribution is 2.17. The van der Waals surface area contributed by atoms with E-state index in [1.165, 1.54) is 0 Å². The molecule has 0 fully saturated rings. The van der Waals surface area contributed by atoms with Crippen LogP contribution in [0.5, 0.6) is 11.5 Å². The largest absolute Gasteiger partial charge is 0.494 e. The fourth-order valence-electron chi connectivity index (χ4n) is 3.16. The summed E-state index contributed by atoms with van der Waals surface area (Å²) in [5, 5.41) is 10.6. The maximum absolute atomic E-state index is 10.7. The minimum absolute atomic E-state index is 0.152. The predicted octanol–water partition coefficient (Wildman–Crippen LogP) is 4.32.